The van der Waals surface area contributed by atoms with Gasteiger partial charge in [0, 0.05) is 0 Å². The Morgan fingerprint density at radius 3 is 1.95 bits per heavy atom. The molecule has 0 aromatic heterocycles. The van der Waals surface area contributed by atoms with E-state index in [2.05, 4.69) is 66.7 Å². The third-order valence-electron chi connectivity index (χ3n) is 4.65. The Balaban J connectivity index is 2.47. The third-order valence-corrected chi connectivity index (χ3v) is 4.65. The quantitative estimate of drug-likeness (QED) is 0.613. The highest BCUT2D eigenvalue weighted by molar-refractivity contribution is 5.43. The molecule has 1 aromatic rings. The molecule has 0 heteroatoms. The standard InChI is InChI=1S/C19H30/c1-17(2,3)13-14-8-9-15-16(12-14)19(6,7)11-10-18(15,4)5/h8-9,12H,10-11,13H2,1-7H3. The minimum absolute atomic E-state index is 0.332. The normalized spacial score (nSPS) is 21.0. The molecule has 0 unspecified atom stereocenters. The van der Waals surface area contributed by atoms with Gasteiger partial charge in [0.1, 0.15) is 0 Å². The van der Waals surface area contributed by atoms with E-state index in [-0.39, 0.29) is 0 Å². The Labute approximate surface area is 119 Å². The highest BCUT2D eigenvalue weighted by atomic mass is 14.4. The van der Waals surface area contributed by atoms with Crippen molar-refractivity contribution in [2.45, 2.75) is 78.6 Å². The van der Waals surface area contributed by atoms with Gasteiger partial charge < -0.3 is 0 Å². The highest BCUT2D eigenvalue weighted by Gasteiger charge is 2.36. The first-order valence-corrected chi connectivity index (χ1v) is 7.65. The van der Waals surface area contributed by atoms with Crippen LogP contribution in [-0.4, -0.2) is 0 Å². The molecule has 1 aliphatic carbocycles. The van der Waals surface area contributed by atoms with Crippen LogP contribution in [0.1, 0.15) is 78.0 Å². The van der Waals surface area contributed by atoms with Gasteiger partial charge in [-0.3, -0.25) is 0 Å². The summed E-state index contributed by atoms with van der Waals surface area (Å²) in [5.41, 5.74) is 5.69. The molecule has 0 saturated heterocycles. The van der Waals surface area contributed by atoms with Crippen LogP contribution >= 0.6 is 0 Å². The fourth-order valence-electron chi connectivity index (χ4n) is 3.36. The topological polar surface area (TPSA) is 0 Å². The highest BCUT2D eigenvalue weighted by Crippen LogP contribution is 2.46. The molecular weight excluding hydrogens is 228 g/mol. The van der Waals surface area contributed by atoms with Crippen molar-refractivity contribution in [2.75, 3.05) is 0 Å². The smallest absolute Gasteiger partial charge is 0.0100 e. The average Bonchev–Trinajstić information content (AvgIpc) is 2.23. The molecule has 0 heterocycles. The van der Waals surface area contributed by atoms with Gasteiger partial charge in [-0.25, -0.2) is 0 Å². The van der Waals surface area contributed by atoms with E-state index in [1.807, 2.05) is 0 Å². The van der Waals surface area contributed by atoms with E-state index in [9.17, 15) is 0 Å². The minimum Gasteiger partial charge on any atom is -0.0599 e. The van der Waals surface area contributed by atoms with Crippen LogP contribution in [0.5, 0.6) is 0 Å². The van der Waals surface area contributed by atoms with Crippen LogP contribution in [0.3, 0.4) is 0 Å². The van der Waals surface area contributed by atoms with E-state index in [4.69, 9.17) is 0 Å². The zero-order chi connectivity index (χ0) is 14.5. The van der Waals surface area contributed by atoms with E-state index in [0.29, 0.717) is 16.2 Å². The molecule has 0 atom stereocenters. The van der Waals surface area contributed by atoms with Crippen molar-refractivity contribution in [3.8, 4) is 0 Å². The van der Waals surface area contributed by atoms with Crippen LogP contribution in [0.15, 0.2) is 18.2 Å². The van der Waals surface area contributed by atoms with Crippen molar-refractivity contribution >= 4 is 0 Å². The van der Waals surface area contributed by atoms with Crippen LogP contribution in [0.2, 0.25) is 0 Å². The van der Waals surface area contributed by atoms with Gasteiger partial charge in [-0.2, -0.15) is 0 Å². The van der Waals surface area contributed by atoms with Crippen molar-refractivity contribution in [1.82, 2.24) is 0 Å². The Kier molecular flexibility index (Phi) is 3.36. The van der Waals surface area contributed by atoms with Crippen LogP contribution in [0.25, 0.3) is 0 Å². The Hall–Kier alpha value is -0.780. The van der Waals surface area contributed by atoms with E-state index in [0.717, 1.165) is 6.42 Å². The van der Waals surface area contributed by atoms with Crippen LogP contribution in [0.4, 0.5) is 0 Å². The van der Waals surface area contributed by atoms with Gasteiger partial charge in [-0.1, -0.05) is 66.7 Å². The monoisotopic (exact) mass is 258 g/mol. The maximum atomic E-state index is 2.49. The SMILES string of the molecule is CC(C)(C)Cc1ccc2c(c1)C(C)(C)CCC2(C)C. The first-order valence-electron chi connectivity index (χ1n) is 7.65. The fourth-order valence-corrected chi connectivity index (χ4v) is 3.36. The second kappa shape index (κ2) is 4.36. The van der Waals surface area contributed by atoms with Crippen molar-refractivity contribution in [3.63, 3.8) is 0 Å². The Bertz CT molecular complexity index is 469. The van der Waals surface area contributed by atoms with E-state index < -0.39 is 0 Å². The molecule has 0 radical (unpaired) electrons. The summed E-state index contributed by atoms with van der Waals surface area (Å²) < 4.78 is 0. The van der Waals surface area contributed by atoms with Gasteiger partial charge >= 0.3 is 0 Å². The van der Waals surface area contributed by atoms with Gasteiger partial charge in [0.25, 0.3) is 0 Å². The Morgan fingerprint density at radius 2 is 1.42 bits per heavy atom. The zero-order valence-electron chi connectivity index (χ0n) is 13.9. The Morgan fingerprint density at radius 1 is 0.895 bits per heavy atom. The summed E-state index contributed by atoms with van der Waals surface area (Å²) in [7, 11) is 0. The molecule has 2 rings (SSSR count). The third kappa shape index (κ3) is 3.04. The van der Waals surface area contributed by atoms with Gasteiger partial charge in [-0.15, -0.1) is 0 Å². The number of hydrogen-bond donors (Lipinski definition) is 0. The molecule has 1 aromatic carbocycles. The van der Waals surface area contributed by atoms with E-state index in [1.54, 1.807) is 11.1 Å². The maximum Gasteiger partial charge on any atom is -0.0100 e. The van der Waals surface area contributed by atoms with Crippen molar-refractivity contribution in [3.05, 3.63) is 34.9 Å². The van der Waals surface area contributed by atoms with E-state index >= 15 is 0 Å². The maximum absolute atomic E-state index is 2.49. The molecule has 19 heavy (non-hydrogen) atoms. The number of rotatable bonds is 1. The van der Waals surface area contributed by atoms with Gasteiger partial charge in [0.15, 0.2) is 0 Å². The molecule has 0 spiro atoms. The summed E-state index contributed by atoms with van der Waals surface area (Å²) in [5, 5.41) is 0. The molecule has 0 saturated carbocycles. The zero-order valence-corrected chi connectivity index (χ0v) is 13.9. The summed E-state index contributed by atoms with van der Waals surface area (Å²) >= 11 is 0. The van der Waals surface area contributed by atoms with Crippen molar-refractivity contribution < 1.29 is 0 Å². The summed E-state index contributed by atoms with van der Waals surface area (Å²) in [6.45, 7) is 16.6. The molecule has 0 fully saturated rings. The average molecular weight is 258 g/mol. The van der Waals surface area contributed by atoms with E-state index in [1.165, 1.54) is 18.4 Å². The second-order valence-corrected chi connectivity index (χ2v) is 8.89. The number of fused-ring (bicyclic) bond motifs is 1. The number of hydrogen-bond acceptors (Lipinski definition) is 0. The molecule has 0 bridgehead atoms. The molecule has 106 valence electrons. The minimum atomic E-state index is 0.332. The van der Waals surface area contributed by atoms with Crippen LogP contribution in [0, 0.1) is 5.41 Å². The lowest BCUT2D eigenvalue weighted by molar-refractivity contribution is 0.330. The predicted molar refractivity (Wildman–Crippen MR) is 84.9 cm³/mol. The molecule has 0 amide bonds. The number of benzene rings is 1. The van der Waals surface area contributed by atoms with Gasteiger partial charge in [0.05, 0.1) is 0 Å². The van der Waals surface area contributed by atoms with Gasteiger partial charge in [-0.05, 0) is 52.2 Å². The van der Waals surface area contributed by atoms with Crippen molar-refractivity contribution in [1.29, 1.82) is 0 Å². The summed E-state index contributed by atoms with van der Waals surface area (Å²) in [4.78, 5) is 0. The lowest BCUT2D eigenvalue weighted by Gasteiger charge is -2.42. The molecule has 0 nitrogen and oxygen atoms in total. The lowest BCUT2D eigenvalue weighted by atomic mass is 9.63. The van der Waals surface area contributed by atoms with Crippen LogP contribution < -0.4 is 0 Å². The predicted octanol–water partition coefficient (Wildman–Crippen LogP) is 5.62. The first kappa shape index (κ1) is 14.6. The van der Waals surface area contributed by atoms with Crippen molar-refractivity contribution in [2.24, 2.45) is 5.41 Å². The van der Waals surface area contributed by atoms with Crippen LogP contribution in [-0.2, 0) is 17.3 Å². The fraction of sp³-hybridized carbons (Fsp3) is 0.684. The molecule has 0 N–H and O–H groups in total. The first-order chi connectivity index (χ1) is 8.51. The largest absolute Gasteiger partial charge is 0.0599 e. The lowest BCUT2D eigenvalue weighted by Crippen LogP contribution is -2.34. The molecule has 0 aliphatic heterocycles. The summed E-state index contributed by atoms with van der Waals surface area (Å²) in [6.07, 6.45) is 3.76. The molecule has 1 aliphatic rings. The summed E-state index contributed by atoms with van der Waals surface area (Å²) in [6, 6.07) is 7.24. The second-order valence-electron chi connectivity index (χ2n) is 8.89. The van der Waals surface area contributed by atoms with Gasteiger partial charge in [0.2, 0.25) is 0 Å². The summed E-state index contributed by atoms with van der Waals surface area (Å²) in [5.74, 6) is 0. The molecular formula is C19H30.